The van der Waals surface area contributed by atoms with Gasteiger partial charge in [-0.25, -0.2) is 9.59 Å². The summed E-state index contributed by atoms with van der Waals surface area (Å²) >= 11 is 3.06. The molecule has 19 heavy (non-hydrogen) atoms. The van der Waals surface area contributed by atoms with E-state index in [0.717, 1.165) is 0 Å². The number of primary amides is 1. The first-order valence-corrected chi connectivity index (χ1v) is 5.90. The molecule has 4 N–H and O–H groups in total. The van der Waals surface area contributed by atoms with Crippen molar-refractivity contribution in [3.63, 3.8) is 0 Å². The quantitative estimate of drug-likeness (QED) is 0.711. The molecule has 0 fully saturated rings. The highest BCUT2D eigenvalue weighted by atomic mass is 79.9. The summed E-state index contributed by atoms with van der Waals surface area (Å²) in [5.41, 5.74) is 4.83. The number of nitrogens with two attached hydrogens (primary N) is 1. The number of carbonyl (C=O) groups excluding carboxylic acids is 3. The molecule has 0 aliphatic carbocycles. The monoisotopic (exact) mass is 330 g/mol. The van der Waals surface area contributed by atoms with E-state index in [2.05, 4.69) is 15.9 Å². The van der Waals surface area contributed by atoms with Crippen LogP contribution >= 0.6 is 15.9 Å². The van der Waals surface area contributed by atoms with E-state index in [0.29, 0.717) is 4.47 Å². The van der Waals surface area contributed by atoms with Crippen molar-refractivity contribution >= 4 is 33.8 Å². The summed E-state index contributed by atoms with van der Waals surface area (Å²) in [7, 11) is 0. The number of phenolic OH excluding ortho intramolecular Hbond substituents is 1. The number of amides is 3. The van der Waals surface area contributed by atoms with Gasteiger partial charge in [-0.2, -0.15) is 0 Å². The summed E-state index contributed by atoms with van der Waals surface area (Å²) in [6, 6.07) is 3.02. The van der Waals surface area contributed by atoms with Gasteiger partial charge in [0, 0.05) is 0 Å². The smallest absolute Gasteiger partial charge is 0.339 e. The molecular weight excluding hydrogens is 320 g/mol. The maximum Gasteiger partial charge on any atom is 0.339 e. The topological polar surface area (TPSA) is 119 Å². The van der Waals surface area contributed by atoms with Gasteiger partial charge in [-0.3, -0.25) is 10.1 Å². The van der Waals surface area contributed by atoms with E-state index < -0.39 is 24.0 Å². The van der Waals surface area contributed by atoms with Crippen LogP contribution in [-0.2, 0) is 9.53 Å². The first-order chi connectivity index (χ1) is 8.81. The summed E-state index contributed by atoms with van der Waals surface area (Å²) in [5, 5.41) is 11.2. The van der Waals surface area contributed by atoms with Crippen molar-refractivity contribution in [1.82, 2.24) is 5.32 Å². The molecule has 1 aromatic carbocycles. The Bertz CT molecular complexity index is 532. The van der Waals surface area contributed by atoms with Crippen LogP contribution in [-0.4, -0.2) is 29.1 Å². The number of esters is 1. The van der Waals surface area contributed by atoms with E-state index in [1.165, 1.54) is 25.1 Å². The molecule has 0 heterocycles. The molecule has 7 nitrogen and oxygen atoms in total. The van der Waals surface area contributed by atoms with Crippen LogP contribution in [0.5, 0.6) is 5.75 Å². The number of imide groups is 1. The molecule has 0 aliphatic heterocycles. The average molecular weight is 331 g/mol. The number of urea groups is 1. The fourth-order valence-corrected chi connectivity index (χ4v) is 1.39. The van der Waals surface area contributed by atoms with Gasteiger partial charge in [-0.15, -0.1) is 0 Å². The van der Waals surface area contributed by atoms with Crippen molar-refractivity contribution in [2.45, 2.75) is 13.0 Å². The predicted molar refractivity (Wildman–Crippen MR) is 68.4 cm³/mol. The average Bonchev–Trinajstić information content (AvgIpc) is 2.31. The molecule has 102 valence electrons. The van der Waals surface area contributed by atoms with E-state index in [1.54, 1.807) is 5.32 Å². The van der Waals surface area contributed by atoms with Crippen molar-refractivity contribution < 1.29 is 24.2 Å². The van der Waals surface area contributed by atoms with E-state index in [1.807, 2.05) is 0 Å². The molecule has 0 aliphatic rings. The number of ether oxygens (including phenoxy) is 1. The Morgan fingerprint density at radius 1 is 1.42 bits per heavy atom. The number of rotatable bonds is 3. The highest BCUT2D eigenvalue weighted by molar-refractivity contribution is 9.10. The standard InChI is InChI=1S/C11H11BrN2O5/c1-5(9(16)14-11(13)18)19-10(17)6-2-3-7(12)8(15)4-6/h2-5,15H,1H3,(H3,13,14,16,18)/t5-/m0/s1. The molecule has 0 unspecified atom stereocenters. The highest BCUT2D eigenvalue weighted by Crippen LogP contribution is 2.24. The van der Waals surface area contributed by atoms with Crippen molar-refractivity contribution in [3.8, 4) is 5.75 Å². The van der Waals surface area contributed by atoms with Gasteiger partial charge in [-0.05, 0) is 41.1 Å². The van der Waals surface area contributed by atoms with Crippen LogP contribution < -0.4 is 11.1 Å². The van der Waals surface area contributed by atoms with E-state index in [-0.39, 0.29) is 11.3 Å². The van der Waals surface area contributed by atoms with Crippen LogP contribution in [0.4, 0.5) is 4.79 Å². The lowest BCUT2D eigenvalue weighted by Gasteiger charge is -2.12. The number of hydrogen-bond donors (Lipinski definition) is 3. The van der Waals surface area contributed by atoms with Crippen LogP contribution in [0.2, 0.25) is 0 Å². The van der Waals surface area contributed by atoms with Crippen molar-refractivity contribution in [1.29, 1.82) is 0 Å². The third kappa shape index (κ3) is 4.25. The second kappa shape index (κ2) is 6.19. The summed E-state index contributed by atoms with van der Waals surface area (Å²) in [4.78, 5) is 33.4. The second-order valence-corrected chi connectivity index (χ2v) is 4.42. The molecule has 0 saturated heterocycles. The van der Waals surface area contributed by atoms with Crippen molar-refractivity contribution in [3.05, 3.63) is 28.2 Å². The fourth-order valence-electron chi connectivity index (χ4n) is 1.14. The Hall–Kier alpha value is -2.09. The van der Waals surface area contributed by atoms with Gasteiger partial charge in [0.2, 0.25) is 0 Å². The highest BCUT2D eigenvalue weighted by Gasteiger charge is 2.20. The molecule has 0 saturated carbocycles. The molecule has 0 bridgehead atoms. The van der Waals surface area contributed by atoms with E-state index in [4.69, 9.17) is 10.5 Å². The molecule has 8 heteroatoms. The van der Waals surface area contributed by atoms with Crippen LogP contribution in [0.15, 0.2) is 22.7 Å². The zero-order valence-electron chi connectivity index (χ0n) is 9.84. The maximum absolute atomic E-state index is 11.7. The Morgan fingerprint density at radius 3 is 2.58 bits per heavy atom. The van der Waals surface area contributed by atoms with Crippen LogP contribution in [0.3, 0.4) is 0 Å². The Labute approximate surface area is 116 Å². The maximum atomic E-state index is 11.7. The Kier molecular flexibility index (Phi) is 4.87. The third-order valence-electron chi connectivity index (χ3n) is 2.08. The lowest BCUT2D eigenvalue weighted by atomic mass is 10.2. The zero-order chi connectivity index (χ0) is 14.6. The second-order valence-electron chi connectivity index (χ2n) is 3.57. The number of nitrogens with one attached hydrogen (secondary N) is 1. The van der Waals surface area contributed by atoms with Crippen molar-refractivity contribution in [2.75, 3.05) is 0 Å². The number of benzene rings is 1. The number of hydrogen-bond acceptors (Lipinski definition) is 5. The molecular formula is C11H11BrN2O5. The summed E-state index contributed by atoms with van der Waals surface area (Å²) in [6.07, 6.45) is -1.19. The molecule has 1 aromatic rings. The first-order valence-electron chi connectivity index (χ1n) is 5.11. The summed E-state index contributed by atoms with van der Waals surface area (Å²) < 4.78 is 5.23. The van der Waals surface area contributed by atoms with Gasteiger partial charge >= 0.3 is 12.0 Å². The van der Waals surface area contributed by atoms with Gasteiger partial charge in [0.05, 0.1) is 10.0 Å². The van der Waals surface area contributed by atoms with Gasteiger partial charge < -0.3 is 15.6 Å². The minimum atomic E-state index is -1.19. The largest absolute Gasteiger partial charge is 0.507 e. The SMILES string of the molecule is C[C@H](OC(=O)c1ccc(Br)c(O)c1)C(=O)NC(N)=O. The van der Waals surface area contributed by atoms with Gasteiger partial charge in [0.15, 0.2) is 6.10 Å². The predicted octanol–water partition coefficient (Wildman–Crippen LogP) is 0.895. The molecule has 0 radical (unpaired) electrons. The summed E-state index contributed by atoms with van der Waals surface area (Å²) in [6.45, 7) is 1.29. The van der Waals surface area contributed by atoms with E-state index in [9.17, 15) is 19.5 Å². The number of phenols is 1. The van der Waals surface area contributed by atoms with Crippen LogP contribution in [0, 0.1) is 0 Å². The number of halogens is 1. The van der Waals surface area contributed by atoms with Gasteiger partial charge in [-0.1, -0.05) is 0 Å². The fraction of sp³-hybridized carbons (Fsp3) is 0.182. The van der Waals surface area contributed by atoms with Gasteiger partial charge in [0.1, 0.15) is 5.75 Å². The zero-order valence-corrected chi connectivity index (χ0v) is 11.4. The molecule has 0 spiro atoms. The minimum Gasteiger partial charge on any atom is -0.507 e. The summed E-state index contributed by atoms with van der Waals surface area (Å²) in [5.74, 6) is -1.78. The molecule has 1 rings (SSSR count). The lowest BCUT2D eigenvalue weighted by molar-refractivity contribution is -0.127. The number of aromatic hydroxyl groups is 1. The molecule has 3 amide bonds. The normalized spacial score (nSPS) is 11.5. The van der Waals surface area contributed by atoms with Crippen LogP contribution in [0.25, 0.3) is 0 Å². The minimum absolute atomic E-state index is 0.0689. The molecule has 0 aromatic heterocycles. The van der Waals surface area contributed by atoms with E-state index >= 15 is 0 Å². The van der Waals surface area contributed by atoms with Gasteiger partial charge in [0.25, 0.3) is 5.91 Å². The Morgan fingerprint density at radius 2 is 2.05 bits per heavy atom. The van der Waals surface area contributed by atoms with Crippen molar-refractivity contribution in [2.24, 2.45) is 5.73 Å². The molecule has 1 atom stereocenters. The third-order valence-corrected chi connectivity index (χ3v) is 2.75. The number of carbonyl (C=O) groups is 3. The van der Waals surface area contributed by atoms with Crippen LogP contribution in [0.1, 0.15) is 17.3 Å². The lowest BCUT2D eigenvalue weighted by Crippen LogP contribution is -2.42. The Balaban J connectivity index is 2.71. The first kappa shape index (κ1) is 15.0.